The van der Waals surface area contributed by atoms with Crippen LogP contribution in [0.5, 0.6) is 5.75 Å². The van der Waals surface area contributed by atoms with Crippen LogP contribution in [0, 0.1) is 0 Å². The number of nitrogens with one attached hydrogen (secondary N) is 1. The third-order valence-electron chi connectivity index (χ3n) is 4.11. The van der Waals surface area contributed by atoms with Crippen LogP contribution in [-0.2, 0) is 11.2 Å². The largest absolute Gasteiger partial charge is 0.506 e. The number of rotatable bonds is 3. The first-order valence-electron chi connectivity index (χ1n) is 7.75. The highest BCUT2D eigenvalue weighted by Crippen LogP contribution is 2.17. The van der Waals surface area contributed by atoms with Gasteiger partial charge in [-0.1, -0.05) is 0 Å². The molecule has 1 fully saturated rings. The smallest absolute Gasteiger partial charge is 0.255 e. The van der Waals surface area contributed by atoms with E-state index >= 15 is 0 Å². The van der Waals surface area contributed by atoms with Crippen molar-refractivity contribution in [3.05, 3.63) is 42.0 Å². The summed E-state index contributed by atoms with van der Waals surface area (Å²) >= 11 is 0. The van der Waals surface area contributed by atoms with Crippen LogP contribution in [0.2, 0.25) is 0 Å². The van der Waals surface area contributed by atoms with Gasteiger partial charge in [0.05, 0.1) is 18.2 Å². The molecule has 3 heterocycles. The Morgan fingerprint density at radius 3 is 2.88 bits per heavy atom. The van der Waals surface area contributed by atoms with Gasteiger partial charge in [-0.05, 0) is 19.1 Å². The summed E-state index contributed by atoms with van der Waals surface area (Å²) in [6, 6.07) is 3.06. The van der Waals surface area contributed by atoms with Gasteiger partial charge in [0.1, 0.15) is 5.75 Å². The van der Waals surface area contributed by atoms with Crippen LogP contribution in [0.3, 0.4) is 0 Å². The van der Waals surface area contributed by atoms with E-state index in [2.05, 4.69) is 15.2 Å². The van der Waals surface area contributed by atoms with Crippen LogP contribution in [0.1, 0.15) is 23.0 Å². The number of aromatic amines is 1. The van der Waals surface area contributed by atoms with E-state index in [1.807, 2.05) is 6.92 Å². The average Bonchev–Trinajstić information content (AvgIpc) is 3.07. The fourth-order valence-electron chi connectivity index (χ4n) is 2.85. The molecule has 0 bridgehead atoms. The molecular formula is C16H19N5O3. The standard InChI is InChI=1S/C16H19N5O3/c1-11-10-20(15(23)7-13-2-3-18-19-13)4-5-21(11)16(24)12-6-14(22)9-17-8-12/h2-3,6,8-9,11,22H,4-5,7,10H2,1H3,(H,18,19). The number of H-pyrrole nitrogens is 1. The second-order valence-corrected chi connectivity index (χ2v) is 5.88. The van der Waals surface area contributed by atoms with E-state index in [-0.39, 0.29) is 30.0 Å². The van der Waals surface area contributed by atoms with Crippen LogP contribution in [0.4, 0.5) is 0 Å². The molecular weight excluding hydrogens is 310 g/mol. The fourth-order valence-corrected chi connectivity index (χ4v) is 2.85. The Bertz CT molecular complexity index is 731. The highest BCUT2D eigenvalue weighted by atomic mass is 16.3. The van der Waals surface area contributed by atoms with Crippen molar-refractivity contribution in [1.82, 2.24) is 25.0 Å². The Morgan fingerprint density at radius 1 is 1.38 bits per heavy atom. The lowest BCUT2D eigenvalue weighted by Crippen LogP contribution is -2.55. The van der Waals surface area contributed by atoms with Gasteiger partial charge in [-0.2, -0.15) is 5.10 Å². The van der Waals surface area contributed by atoms with Gasteiger partial charge in [-0.3, -0.25) is 19.7 Å². The van der Waals surface area contributed by atoms with Crippen molar-refractivity contribution in [2.75, 3.05) is 19.6 Å². The number of pyridine rings is 1. The molecule has 1 aliphatic rings. The summed E-state index contributed by atoms with van der Waals surface area (Å²) in [6.45, 7) is 3.31. The van der Waals surface area contributed by atoms with Gasteiger partial charge in [0.25, 0.3) is 5.91 Å². The molecule has 1 saturated heterocycles. The number of carbonyl (C=O) groups excluding carboxylic acids is 2. The number of amides is 2. The van der Waals surface area contributed by atoms with E-state index < -0.39 is 0 Å². The first-order valence-corrected chi connectivity index (χ1v) is 7.75. The van der Waals surface area contributed by atoms with E-state index in [1.165, 1.54) is 18.5 Å². The van der Waals surface area contributed by atoms with Gasteiger partial charge in [0.2, 0.25) is 5.91 Å². The highest BCUT2D eigenvalue weighted by molar-refractivity contribution is 5.94. The van der Waals surface area contributed by atoms with Crippen molar-refractivity contribution in [3.8, 4) is 5.75 Å². The third kappa shape index (κ3) is 3.37. The Kier molecular flexibility index (Phi) is 4.45. The van der Waals surface area contributed by atoms with E-state index in [4.69, 9.17) is 0 Å². The lowest BCUT2D eigenvalue weighted by Gasteiger charge is -2.40. The molecule has 2 aromatic rings. The maximum absolute atomic E-state index is 12.6. The molecule has 1 aliphatic heterocycles. The molecule has 126 valence electrons. The molecule has 8 heteroatoms. The van der Waals surface area contributed by atoms with Crippen LogP contribution < -0.4 is 0 Å². The SMILES string of the molecule is CC1CN(C(=O)Cc2ccn[nH]2)CCN1C(=O)c1cncc(O)c1. The predicted molar refractivity (Wildman–Crippen MR) is 85.3 cm³/mol. The van der Waals surface area contributed by atoms with Crippen LogP contribution in [0.15, 0.2) is 30.7 Å². The lowest BCUT2D eigenvalue weighted by molar-refractivity contribution is -0.132. The van der Waals surface area contributed by atoms with Gasteiger partial charge in [0.15, 0.2) is 0 Å². The van der Waals surface area contributed by atoms with E-state index in [0.717, 1.165) is 5.69 Å². The summed E-state index contributed by atoms with van der Waals surface area (Å²) in [6.07, 6.45) is 4.61. The molecule has 1 unspecified atom stereocenters. The molecule has 0 aromatic carbocycles. The van der Waals surface area contributed by atoms with Gasteiger partial charge in [0, 0.05) is 43.8 Å². The van der Waals surface area contributed by atoms with Crippen molar-refractivity contribution in [1.29, 1.82) is 0 Å². The minimum atomic E-state index is -0.188. The summed E-state index contributed by atoms with van der Waals surface area (Å²) < 4.78 is 0. The van der Waals surface area contributed by atoms with Crippen LogP contribution in [-0.4, -0.2) is 67.6 Å². The van der Waals surface area contributed by atoms with Crippen molar-refractivity contribution in [2.45, 2.75) is 19.4 Å². The summed E-state index contributed by atoms with van der Waals surface area (Å²) in [4.78, 5) is 32.2. The summed E-state index contributed by atoms with van der Waals surface area (Å²) in [5.41, 5.74) is 1.12. The van der Waals surface area contributed by atoms with Crippen molar-refractivity contribution in [3.63, 3.8) is 0 Å². The molecule has 2 amide bonds. The Hall–Kier alpha value is -2.90. The number of carbonyl (C=O) groups is 2. The van der Waals surface area contributed by atoms with Gasteiger partial charge in [-0.15, -0.1) is 0 Å². The minimum Gasteiger partial charge on any atom is -0.506 e. The fraction of sp³-hybridized carbons (Fsp3) is 0.375. The molecule has 2 aromatic heterocycles. The van der Waals surface area contributed by atoms with Crippen molar-refractivity contribution >= 4 is 11.8 Å². The number of piperazine rings is 1. The second kappa shape index (κ2) is 6.69. The normalized spacial score (nSPS) is 17.8. The number of aromatic hydroxyl groups is 1. The molecule has 0 radical (unpaired) electrons. The van der Waals surface area contributed by atoms with E-state index in [9.17, 15) is 14.7 Å². The van der Waals surface area contributed by atoms with Crippen LogP contribution >= 0.6 is 0 Å². The minimum absolute atomic E-state index is 0.0113. The lowest BCUT2D eigenvalue weighted by atomic mass is 10.1. The molecule has 24 heavy (non-hydrogen) atoms. The third-order valence-corrected chi connectivity index (χ3v) is 4.11. The second-order valence-electron chi connectivity index (χ2n) is 5.88. The Morgan fingerprint density at radius 2 is 2.21 bits per heavy atom. The summed E-state index contributed by atoms with van der Waals surface area (Å²) in [5, 5.41) is 16.1. The van der Waals surface area contributed by atoms with Crippen LogP contribution in [0.25, 0.3) is 0 Å². The first kappa shape index (κ1) is 16.0. The molecule has 0 spiro atoms. The maximum Gasteiger partial charge on any atom is 0.255 e. The zero-order valence-electron chi connectivity index (χ0n) is 13.3. The van der Waals surface area contributed by atoms with E-state index in [1.54, 1.807) is 22.1 Å². The monoisotopic (exact) mass is 329 g/mol. The summed E-state index contributed by atoms with van der Waals surface area (Å²) in [7, 11) is 0. The highest BCUT2D eigenvalue weighted by Gasteiger charge is 2.30. The first-order chi connectivity index (χ1) is 11.5. The van der Waals surface area contributed by atoms with Gasteiger partial charge >= 0.3 is 0 Å². The quantitative estimate of drug-likeness (QED) is 0.850. The maximum atomic E-state index is 12.6. The number of aromatic nitrogens is 3. The number of nitrogens with zero attached hydrogens (tertiary/aromatic N) is 4. The summed E-state index contributed by atoms with van der Waals surface area (Å²) in [5.74, 6) is -0.217. The molecule has 0 aliphatic carbocycles. The number of hydrogen-bond acceptors (Lipinski definition) is 5. The zero-order chi connectivity index (χ0) is 17.1. The topological polar surface area (TPSA) is 102 Å². The number of hydrogen-bond donors (Lipinski definition) is 2. The average molecular weight is 329 g/mol. The predicted octanol–water partition coefficient (Wildman–Crippen LogP) is 0.426. The van der Waals surface area contributed by atoms with Gasteiger partial charge < -0.3 is 14.9 Å². The Balaban J connectivity index is 1.62. The molecule has 0 saturated carbocycles. The van der Waals surface area contributed by atoms with Crippen molar-refractivity contribution in [2.24, 2.45) is 0 Å². The molecule has 2 N–H and O–H groups in total. The Labute approximate surface area is 139 Å². The zero-order valence-corrected chi connectivity index (χ0v) is 13.3. The van der Waals surface area contributed by atoms with Crippen molar-refractivity contribution < 1.29 is 14.7 Å². The van der Waals surface area contributed by atoms with Gasteiger partial charge in [-0.25, -0.2) is 0 Å². The molecule has 8 nitrogen and oxygen atoms in total. The molecule has 1 atom stereocenters. The molecule has 3 rings (SSSR count). The van der Waals surface area contributed by atoms with E-state index in [0.29, 0.717) is 25.2 Å².